The van der Waals surface area contributed by atoms with Gasteiger partial charge in [-0.15, -0.1) is 0 Å². The van der Waals surface area contributed by atoms with E-state index in [4.69, 9.17) is 0 Å². The van der Waals surface area contributed by atoms with Crippen molar-refractivity contribution in [3.63, 3.8) is 0 Å². The molecule has 1 nitrogen and oxygen atoms in total. The van der Waals surface area contributed by atoms with Gasteiger partial charge in [0.05, 0.1) is 0 Å². The molecule has 3 aromatic rings. The lowest BCUT2D eigenvalue weighted by Crippen LogP contribution is -2.09. The van der Waals surface area contributed by atoms with Crippen LogP contribution in [-0.2, 0) is 0 Å². The zero-order chi connectivity index (χ0) is 13.8. The second kappa shape index (κ2) is 6.76. The predicted octanol–water partition coefficient (Wildman–Crippen LogP) is 6.10. The van der Waals surface area contributed by atoms with Crippen LogP contribution in [0.25, 0.3) is 0 Å². The zero-order valence-corrected chi connectivity index (χ0v) is 11.5. The molecule has 0 saturated heterocycles. The van der Waals surface area contributed by atoms with Crippen LogP contribution in [0.3, 0.4) is 0 Å². The maximum absolute atomic E-state index is 2.26. The number of hydrogen-bond donors (Lipinski definition) is 0. The lowest BCUT2D eigenvalue weighted by atomic mass is 10.1. The Morgan fingerprint density at radius 2 is 0.905 bits per heavy atom. The molecule has 106 valence electrons. The molecule has 0 fully saturated rings. The van der Waals surface area contributed by atoms with Crippen molar-refractivity contribution in [1.29, 1.82) is 0 Å². The fourth-order valence-corrected chi connectivity index (χ4v) is 2.30. The topological polar surface area (TPSA) is 3.24 Å². The summed E-state index contributed by atoms with van der Waals surface area (Å²) in [4.78, 5) is 2.26. The third kappa shape index (κ3) is 3.32. The molecule has 0 spiro atoms. The predicted molar refractivity (Wildman–Crippen MR) is 92.6 cm³/mol. The van der Waals surface area contributed by atoms with Crippen molar-refractivity contribution in [2.24, 2.45) is 0 Å². The van der Waals surface area contributed by atoms with E-state index in [1.807, 2.05) is 12.1 Å². The number of para-hydroxylation sites is 2. The van der Waals surface area contributed by atoms with Gasteiger partial charge < -0.3 is 4.90 Å². The first-order valence-electron chi connectivity index (χ1n) is 6.81. The first-order valence-corrected chi connectivity index (χ1v) is 6.81. The third-order valence-corrected chi connectivity index (χ3v) is 3.32. The second-order valence-corrected chi connectivity index (χ2v) is 4.84. The summed E-state index contributed by atoms with van der Waals surface area (Å²) in [6.07, 6.45) is 0. The quantitative estimate of drug-likeness (QED) is 0.558. The van der Waals surface area contributed by atoms with Crippen LogP contribution in [0.1, 0.15) is 13.0 Å². The Hall–Kier alpha value is -2.54. The molecule has 0 aromatic heterocycles. The summed E-state index contributed by atoms with van der Waals surface area (Å²) in [5.74, 6) is 0. The van der Waals surface area contributed by atoms with Crippen LogP contribution in [0, 0.1) is 6.92 Å². The van der Waals surface area contributed by atoms with E-state index in [1.54, 1.807) is 0 Å². The number of hydrogen-bond acceptors (Lipinski definition) is 1. The number of nitrogens with zero attached hydrogens (tertiary/aromatic N) is 1. The number of aryl methyl sites for hydroxylation is 1. The van der Waals surface area contributed by atoms with E-state index in [1.165, 1.54) is 22.6 Å². The Labute approximate surface area is 127 Å². The average molecular weight is 275 g/mol. The second-order valence-electron chi connectivity index (χ2n) is 4.84. The molecule has 3 rings (SSSR count). The minimum absolute atomic E-state index is 0. The first kappa shape index (κ1) is 14.9. The summed E-state index contributed by atoms with van der Waals surface area (Å²) in [5.41, 5.74) is 4.79. The van der Waals surface area contributed by atoms with Gasteiger partial charge in [-0.1, -0.05) is 61.5 Å². The van der Waals surface area contributed by atoms with Crippen LogP contribution >= 0.6 is 0 Å². The summed E-state index contributed by atoms with van der Waals surface area (Å²) in [7, 11) is 0. The van der Waals surface area contributed by atoms with Gasteiger partial charge in [-0.25, -0.2) is 0 Å². The Morgan fingerprint density at radius 3 is 1.33 bits per heavy atom. The van der Waals surface area contributed by atoms with Gasteiger partial charge in [-0.05, 0) is 43.3 Å². The Balaban J connectivity index is 0.00000161. The highest BCUT2D eigenvalue weighted by atomic mass is 15.1. The van der Waals surface area contributed by atoms with E-state index in [2.05, 4.69) is 84.6 Å². The molecule has 0 saturated carbocycles. The molecule has 0 unspecified atom stereocenters. The molecule has 0 heterocycles. The van der Waals surface area contributed by atoms with E-state index in [-0.39, 0.29) is 7.43 Å². The molecular weight excluding hydrogens is 254 g/mol. The molecule has 0 bridgehead atoms. The first-order chi connectivity index (χ1) is 9.84. The van der Waals surface area contributed by atoms with E-state index in [9.17, 15) is 0 Å². The van der Waals surface area contributed by atoms with Gasteiger partial charge in [0.1, 0.15) is 0 Å². The highest BCUT2D eigenvalue weighted by Gasteiger charge is 2.10. The van der Waals surface area contributed by atoms with Crippen molar-refractivity contribution in [2.75, 3.05) is 4.90 Å². The fourth-order valence-electron chi connectivity index (χ4n) is 2.30. The maximum atomic E-state index is 2.26. The fraction of sp³-hybridized carbons (Fsp3) is 0.100. The molecule has 3 aromatic carbocycles. The summed E-state index contributed by atoms with van der Waals surface area (Å²) >= 11 is 0. The SMILES string of the molecule is C.Cc1ccc(N(c2ccccc2)c2ccccc2)cc1. The molecule has 0 aliphatic heterocycles. The lowest BCUT2D eigenvalue weighted by molar-refractivity contribution is 1.27. The van der Waals surface area contributed by atoms with Gasteiger partial charge in [-0.2, -0.15) is 0 Å². The van der Waals surface area contributed by atoms with Crippen molar-refractivity contribution in [3.8, 4) is 0 Å². The largest absolute Gasteiger partial charge is 0.311 e. The van der Waals surface area contributed by atoms with E-state index in [0.717, 1.165) is 0 Å². The molecule has 0 N–H and O–H groups in total. The van der Waals surface area contributed by atoms with Crippen LogP contribution in [-0.4, -0.2) is 0 Å². The van der Waals surface area contributed by atoms with Gasteiger partial charge in [0.15, 0.2) is 0 Å². The highest BCUT2D eigenvalue weighted by molar-refractivity contribution is 5.76. The normalized spacial score (nSPS) is 9.76. The monoisotopic (exact) mass is 275 g/mol. The van der Waals surface area contributed by atoms with Gasteiger partial charge >= 0.3 is 0 Å². The van der Waals surface area contributed by atoms with Crippen LogP contribution in [0.5, 0.6) is 0 Å². The minimum atomic E-state index is 0. The summed E-state index contributed by atoms with van der Waals surface area (Å²) in [5, 5.41) is 0. The van der Waals surface area contributed by atoms with Crippen molar-refractivity contribution >= 4 is 17.1 Å². The van der Waals surface area contributed by atoms with Crippen LogP contribution in [0.15, 0.2) is 84.9 Å². The van der Waals surface area contributed by atoms with E-state index in [0.29, 0.717) is 0 Å². The third-order valence-electron chi connectivity index (χ3n) is 3.32. The van der Waals surface area contributed by atoms with Crippen LogP contribution in [0.4, 0.5) is 17.1 Å². The van der Waals surface area contributed by atoms with Crippen molar-refractivity contribution in [1.82, 2.24) is 0 Å². The smallest absolute Gasteiger partial charge is 0.0461 e. The Kier molecular flexibility index (Phi) is 4.78. The summed E-state index contributed by atoms with van der Waals surface area (Å²) < 4.78 is 0. The number of anilines is 3. The number of rotatable bonds is 3. The zero-order valence-electron chi connectivity index (χ0n) is 11.5. The van der Waals surface area contributed by atoms with Crippen LogP contribution in [0.2, 0.25) is 0 Å². The molecule has 0 atom stereocenters. The molecule has 1 heteroatoms. The lowest BCUT2D eigenvalue weighted by Gasteiger charge is -2.25. The molecule has 21 heavy (non-hydrogen) atoms. The Morgan fingerprint density at radius 1 is 0.524 bits per heavy atom. The molecule has 0 amide bonds. The summed E-state index contributed by atoms with van der Waals surface area (Å²) in [6.45, 7) is 2.11. The number of benzene rings is 3. The molecule has 0 aliphatic rings. The van der Waals surface area contributed by atoms with Gasteiger partial charge in [0, 0.05) is 17.1 Å². The Bertz CT molecular complexity index is 618. The van der Waals surface area contributed by atoms with E-state index < -0.39 is 0 Å². The van der Waals surface area contributed by atoms with Gasteiger partial charge in [0.2, 0.25) is 0 Å². The average Bonchev–Trinajstić information content (AvgIpc) is 2.52. The van der Waals surface area contributed by atoms with Crippen molar-refractivity contribution < 1.29 is 0 Å². The van der Waals surface area contributed by atoms with Crippen LogP contribution < -0.4 is 4.90 Å². The molecule has 0 radical (unpaired) electrons. The maximum Gasteiger partial charge on any atom is 0.0461 e. The minimum Gasteiger partial charge on any atom is -0.311 e. The standard InChI is InChI=1S/C19H17N.CH4/c1-16-12-14-19(15-13-16)20(17-8-4-2-5-9-17)18-10-6-3-7-11-18;/h2-15H,1H3;1H4. The van der Waals surface area contributed by atoms with Gasteiger partial charge in [0.25, 0.3) is 0 Å². The summed E-state index contributed by atoms with van der Waals surface area (Å²) in [6, 6.07) is 29.5. The van der Waals surface area contributed by atoms with Crippen molar-refractivity contribution in [2.45, 2.75) is 14.4 Å². The highest BCUT2D eigenvalue weighted by Crippen LogP contribution is 2.33. The molecule has 0 aliphatic carbocycles. The molecular formula is C20H21N. The van der Waals surface area contributed by atoms with E-state index >= 15 is 0 Å². The van der Waals surface area contributed by atoms with Gasteiger partial charge in [-0.3, -0.25) is 0 Å². The van der Waals surface area contributed by atoms with Crippen molar-refractivity contribution in [3.05, 3.63) is 90.5 Å².